The maximum absolute atomic E-state index is 14.4. The van der Waals surface area contributed by atoms with Crippen LogP contribution in [-0.2, 0) is 61.2 Å². The van der Waals surface area contributed by atoms with Gasteiger partial charge in [-0.3, -0.25) is 23.4 Å². The molecular formula is C75H139O24P. The van der Waals surface area contributed by atoms with E-state index in [-0.39, 0.29) is 19.3 Å². The van der Waals surface area contributed by atoms with Crippen LogP contribution in [-0.4, -0.2) is 204 Å². The molecule has 2 heterocycles. The highest BCUT2D eigenvalue weighted by atomic mass is 31.2. The van der Waals surface area contributed by atoms with Crippen LogP contribution in [0.4, 0.5) is 0 Å². The zero-order valence-corrected chi connectivity index (χ0v) is 62.4. The van der Waals surface area contributed by atoms with Crippen LogP contribution >= 0.6 is 7.82 Å². The van der Waals surface area contributed by atoms with Crippen molar-refractivity contribution in [2.45, 2.75) is 420 Å². The van der Waals surface area contributed by atoms with Crippen LogP contribution in [0.15, 0.2) is 12.2 Å². The van der Waals surface area contributed by atoms with Crippen molar-refractivity contribution in [2.75, 3.05) is 26.4 Å². The molecular weight excluding hydrogens is 1320 g/mol. The predicted molar refractivity (Wildman–Crippen MR) is 379 cm³/mol. The molecule has 24 nitrogen and oxygen atoms in total. The van der Waals surface area contributed by atoms with Crippen molar-refractivity contribution in [3.8, 4) is 0 Å². The van der Waals surface area contributed by atoms with Crippen LogP contribution < -0.4 is 0 Å². The maximum atomic E-state index is 14.4. The lowest BCUT2D eigenvalue weighted by Gasteiger charge is -2.49. The molecule has 3 fully saturated rings. The molecule has 2 saturated heterocycles. The number of unbranched alkanes of at least 4 members (excludes halogenated alkanes) is 39. The number of phosphoric acid groups is 1. The van der Waals surface area contributed by atoms with Gasteiger partial charge in [-0.05, 0) is 44.9 Å². The van der Waals surface area contributed by atoms with E-state index in [2.05, 4.69) is 32.9 Å². The number of carbonyl (C=O) groups is 3. The molecule has 0 radical (unpaired) electrons. The molecule has 588 valence electrons. The summed E-state index contributed by atoms with van der Waals surface area (Å²) in [6, 6.07) is 0. The van der Waals surface area contributed by atoms with Crippen molar-refractivity contribution >= 4 is 25.7 Å². The fourth-order valence-electron chi connectivity index (χ4n) is 13.1. The number of aliphatic hydroxyl groups is 10. The Bertz CT molecular complexity index is 2110. The smallest absolute Gasteiger partial charge is 0.463 e. The van der Waals surface area contributed by atoms with Gasteiger partial charge in [-0.25, -0.2) is 4.57 Å². The van der Waals surface area contributed by atoms with Gasteiger partial charge in [-0.1, -0.05) is 264 Å². The van der Waals surface area contributed by atoms with Crippen LogP contribution in [0, 0.1) is 0 Å². The number of carbonyl (C=O) groups excluding carboxylic acids is 3. The lowest BCUT2D eigenvalue weighted by atomic mass is 9.84. The third-order valence-corrected chi connectivity index (χ3v) is 20.5. The van der Waals surface area contributed by atoms with E-state index in [9.17, 15) is 74.9 Å². The van der Waals surface area contributed by atoms with Gasteiger partial charge in [-0.2, -0.15) is 0 Å². The molecule has 0 amide bonds. The first-order chi connectivity index (χ1) is 48.3. The Morgan fingerprint density at radius 1 is 0.380 bits per heavy atom. The number of rotatable bonds is 62. The number of hydrogen-bond acceptors (Lipinski definition) is 23. The van der Waals surface area contributed by atoms with Crippen molar-refractivity contribution < 1.29 is 117 Å². The van der Waals surface area contributed by atoms with E-state index in [1.54, 1.807) is 0 Å². The number of aliphatic hydroxyl groups excluding tert-OH is 10. The molecule has 2 aliphatic heterocycles. The topological polar surface area (TPSA) is 374 Å². The first-order valence-electron chi connectivity index (χ1n) is 39.5. The molecule has 11 N–H and O–H groups in total. The van der Waals surface area contributed by atoms with Gasteiger partial charge in [0.25, 0.3) is 0 Å². The van der Waals surface area contributed by atoms with Gasteiger partial charge in [0.1, 0.15) is 98.7 Å². The third-order valence-electron chi connectivity index (χ3n) is 19.5. The molecule has 25 heteroatoms. The monoisotopic (exact) mass is 1450 g/mol. The third kappa shape index (κ3) is 39.3. The normalized spacial score (nSPS) is 27.3. The summed E-state index contributed by atoms with van der Waals surface area (Å²) in [7, 11) is -5.70. The Morgan fingerprint density at radius 3 is 1.09 bits per heavy atom. The van der Waals surface area contributed by atoms with Crippen molar-refractivity contribution in [3.05, 3.63) is 12.2 Å². The molecule has 3 rings (SSSR count). The average Bonchev–Trinajstić information content (AvgIpc) is 0.762. The molecule has 1 saturated carbocycles. The van der Waals surface area contributed by atoms with E-state index in [1.165, 1.54) is 167 Å². The second kappa shape index (κ2) is 57.0. The van der Waals surface area contributed by atoms with Gasteiger partial charge in [0.2, 0.25) is 0 Å². The minimum Gasteiger partial charge on any atom is -0.463 e. The lowest BCUT2D eigenvalue weighted by molar-refractivity contribution is -0.360. The first-order valence-corrected chi connectivity index (χ1v) is 41.0. The Hall–Kier alpha value is -2.30. The van der Waals surface area contributed by atoms with Crippen LogP contribution in [0.1, 0.15) is 316 Å². The highest BCUT2D eigenvalue weighted by Crippen LogP contribution is 2.49. The zero-order valence-electron chi connectivity index (χ0n) is 61.5. The van der Waals surface area contributed by atoms with Gasteiger partial charge in [0.15, 0.2) is 18.7 Å². The minimum absolute atomic E-state index is 0.00971. The predicted octanol–water partition coefficient (Wildman–Crippen LogP) is 11.5. The van der Waals surface area contributed by atoms with E-state index in [1.807, 2.05) is 0 Å². The van der Waals surface area contributed by atoms with E-state index in [0.717, 1.165) is 89.9 Å². The number of hydrogen-bond donors (Lipinski definition) is 11. The van der Waals surface area contributed by atoms with Crippen LogP contribution in [0.2, 0.25) is 0 Å². The number of ether oxygens (including phenoxy) is 7. The van der Waals surface area contributed by atoms with Crippen molar-refractivity contribution in [1.29, 1.82) is 0 Å². The van der Waals surface area contributed by atoms with Crippen LogP contribution in [0.25, 0.3) is 0 Å². The molecule has 1 aliphatic carbocycles. The lowest BCUT2D eigenvalue weighted by Crippen LogP contribution is -2.69. The largest absolute Gasteiger partial charge is 0.472 e. The second-order valence-corrected chi connectivity index (χ2v) is 29.8. The van der Waals surface area contributed by atoms with E-state index in [4.69, 9.17) is 42.2 Å². The standard InChI is InChI=1S/C75H139O24P/c1-4-7-10-13-16-19-22-25-28-29-30-33-36-39-42-45-48-51-61(79)94-56(53-91-59(77)49-46-43-40-37-34-31-26-23-20-17-14-11-8-5-2)54-93-100(89,90)99-73-71(97-74-69(87)64(82)62(80)57(52-76)95-74)67(85)66(84)68(86)72(73)98-75-70(88)65(83)63(81)58(96-75)55-92-60(78)50-47-44-41-38-35-32-27-24-21-18-15-12-9-6-3/h32,35,56-58,62-76,80-88H,4-31,33-34,36-55H2,1-3H3,(H,89,90)/b35-32-. The van der Waals surface area contributed by atoms with Gasteiger partial charge >= 0.3 is 25.7 Å². The summed E-state index contributed by atoms with van der Waals surface area (Å²) in [5.74, 6) is -1.99. The number of allylic oxidation sites excluding steroid dienone is 2. The number of esters is 3. The molecule has 0 aromatic carbocycles. The SMILES string of the molecule is CCCCCCCCC/C=C\CCCCCC(=O)OCC1OC(OC2C(O)C(O)C(O)C(OC3OC(CO)C(O)C(O)C3O)C2OP(=O)(O)OCC(COC(=O)CCCCCCCCCCCCCCCC)OC(=O)CCCCCCCCCCCCCCCCCCC)C(O)C(O)C1O. The Morgan fingerprint density at radius 2 is 0.700 bits per heavy atom. The molecule has 100 heavy (non-hydrogen) atoms. The van der Waals surface area contributed by atoms with Gasteiger partial charge in [0, 0.05) is 19.3 Å². The van der Waals surface area contributed by atoms with Gasteiger partial charge < -0.3 is 89.1 Å². The van der Waals surface area contributed by atoms with Gasteiger partial charge in [0.05, 0.1) is 13.2 Å². The molecule has 18 unspecified atom stereocenters. The Kier molecular flexibility index (Phi) is 52.3. The minimum atomic E-state index is -5.70. The summed E-state index contributed by atoms with van der Waals surface area (Å²) in [6.07, 6.45) is 16.9. The summed E-state index contributed by atoms with van der Waals surface area (Å²) in [5.41, 5.74) is 0. The van der Waals surface area contributed by atoms with Crippen molar-refractivity contribution in [2.24, 2.45) is 0 Å². The summed E-state index contributed by atoms with van der Waals surface area (Å²) in [6.45, 7) is 3.47. The summed E-state index contributed by atoms with van der Waals surface area (Å²) in [5, 5.41) is 110. The highest BCUT2D eigenvalue weighted by molar-refractivity contribution is 7.47. The average molecular weight is 1460 g/mol. The van der Waals surface area contributed by atoms with Gasteiger partial charge in [-0.15, -0.1) is 0 Å². The highest BCUT2D eigenvalue weighted by Gasteiger charge is 2.58. The van der Waals surface area contributed by atoms with Crippen molar-refractivity contribution in [1.82, 2.24) is 0 Å². The molecule has 0 aromatic heterocycles. The molecule has 0 bridgehead atoms. The zero-order chi connectivity index (χ0) is 73.2. The summed E-state index contributed by atoms with van der Waals surface area (Å²) >= 11 is 0. The Labute approximate surface area is 599 Å². The van der Waals surface area contributed by atoms with E-state index in [0.29, 0.717) is 19.3 Å². The molecule has 18 atom stereocenters. The number of phosphoric ester groups is 1. The molecule has 0 aromatic rings. The van der Waals surface area contributed by atoms with E-state index >= 15 is 0 Å². The van der Waals surface area contributed by atoms with E-state index < -0.39 is 156 Å². The Balaban J connectivity index is 1.72. The fourth-order valence-corrected chi connectivity index (χ4v) is 14.1. The molecule has 0 spiro atoms. The fraction of sp³-hybridized carbons (Fsp3) is 0.933. The molecule has 3 aliphatic rings. The summed E-state index contributed by atoms with van der Waals surface area (Å²) in [4.78, 5) is 51.1. The van der Waals surface area contributed by atoms with Crippen LogP contribution in [0.5, 0.6) is 0 Å². The second-order valence-electron chi connectivity index (χ2n) is 28.4. The quantitative estimate of drug-likeness (QED) is 0.00886. The summed E-state index contributed by atoms with van der Waals surface area (Å²) < 4.78 is 65.1. The maximum Gasteiger partial charge on any atom is 0.472 e. The first kappa shape index (κ1) is 91.9. The van der Waals surface area contributed by atoms with Crippen molar-refractivity contribution in [3.63, 3.8) is 0 Å². The van der Waals surface area contributed by atoms with Crippen LogP contribution in [0.3, 0.4) is 0 Å².